The number of imidazole rings is 1. The van der Waals surface area contributed by atoms with Gasteiger partial charge in [-0.2, -0.15) is 19.6 Å². The number of rotatable bonds is 5. The minimum absolute atomic E-state index is 0.218. The maximum absolute atomic E-state index is 11.4. The van der Waals surface area contributed by atoms with Gasteiger partial charge in [-0.15, -0.1) is 0 Å². The van der Waals surface area contributed by atoms with Crippen molar-refractivity contribution in [1.29, 1.82) is 0 Å². The molecule has 4 aromatic rings. The smallest absolute Gasteiger partial charge is 0.326 e. The Balaban J connectivity index is 1.59. The van der Waals surface area contributed by atoms with Gasteiger partial charge in [0.15, 0.2) is 5.65 Å². The van der Waals surface area contributed by atoms with E-state index in [0.717, 1.165) is 18.4 Å². The van der Waals surface area contributed by atoms with Gasteiger partial charge in [0, 0.05) is 21.8 Å². The van der Waals surface area contributed by atoms with Crippen LogP contribution in [-0.2, 0) is 6.54 Å². The second-order valence-electron chi connectivity index (χ2n) is 7.12. The van der Waals surface area contributed by atoms with Crippen LogP contribution in [0.1, 0.15) is 24.1 Å². The number of hydrogen-bond acceptors (Lipinski definition) is 7. The van der Waals surface area contributed by atoms with E-state index in [1.807, 2.05) is 0 Å². The molecule has 10 nitrogen and oxygen atoms in total. The Morgan fingerprint density at radius 1 is 1.29 bits per heavy atom. The highest BCUT2D eigenvalue weighted by Crippen LogP contribution is 2.23. The molecule has 1 aromatic carbocycles. The van der Waals surface area contributed by atoms with Crippen LogP contribution in [0.5, 0.6) is 5.88 Å². The Morgan fingerprint density at radius 2 is 2.13 bits per heavy atom. The SMILES string of the molecule is O=c1[nH]c(O)c(C=c2cnn3c(=NC4CC4)nc(NCc4cc(Cl)ccc4Cl)nc23)[nH]1. The fraction of sp³-hybridized carbons (Fsp3) is 0.211. The van der Waals surface area contributed by atoms with Crippen molar-refractivity contribution in [3.63, 3.8) is 0 Å². The van der Waals surface area contributed by atoms with Crippen molar-refractivity contribution in [2.75, 3.05) is 5.32 Å². The maximum atomic E-state index is 11.4. The van der Waals surface area contributed by atoms with Crippen molar-refractivity contribution in [2.24, 2.45) is 4.99 Å². The van der Waals surface area contributed by atoms with Crippen LogP contribution in [0.15, 0.2) is 34.2 Å². The lowest BCUT2D eigenvalue weighted by molar-refractivity contribution is 0.454. The highest BCUT2D eigenvalue weighted by molar-refractivity contribution is 6.33. The van der Waals surface area contributed by atoms with Crippen LogP contribution in [0.3, 0.4) is 0 Å². The zero-order valence-electron chi connectivity index (χ0n) is 15.9. The summed E-state index contributed by atoms with van der Waals surface area (Å²) in [5.41, 5.74) is 1.39. The van der Waals surface area contributed by atoms with Gasteiger partial charge in [-0.25, -0.2) is 9.79 Å². The molecule has 3 heterocycles. The van der Waals surface area contributed by atoms with Crippen molar-refractivity contribution in [2.45, 2.75) is 25.4 Å². The standard InChI is InChI=1S/C19H16Cl2N8O2/c20-11-1-4-13(21)9(5-11)7-22-17-26-15-10(6-14-16(30)27-19(31)25-14)8-23-29(15)18(28-17)24-12-2-3-12/h1,4-6,8,12,30H,2-3,7H2,(H,22,24,28)(H2,25,27,31). The van der Waals surface area contributed by atoms with Crippen molar-refractivity contribution < 1.29 is 5.11 Å². The normalized spacial score (nSPS) is 15.2. The molecule has 31 heavy (non-hydrogen) atoms. The van der Waals surface area contributed by atoms with Gasteiger partial charge in [-0.1, -0.05) is 23.2 Å². The lowest BCUT2D eigenvalue weighted by Gasteiger charge is -2.07. The largest absolute Gasteiger partial charge is 0.493 e. The first-order valence-electron chi connectivity index (χ1n) is 9.47. The summed E-state index contributed by atoms with van der Waals surface area (Å²) in [6.45, 7) is 0.359. The number of anilines is 1. The second-order valence-corrected chi connectivity index (χ2v) is 7.96. The van der Waals surface area contributed by atoms with Gasteiger partial charge in [0.1, 0.15) is 5.69 Å². The molecule has 0 spiro atoms. The molecule has 1 aliphatic rings. The molecule has 5 rings (SSSR count). The summed E-state index contributed by atoms with van der Waals surface area (Å²) < 4.78 is 1.53. The Hall–Kier alpha value is -3.37. The van der Waals surface area contributed by atoms with E-state index in [0.29, 0.717) is 39.0 Å². The van der Waals surface area contributed by atoms with Gasteiger partial charge in [0.2, 0.25) is 11.8 Å². The summed E-state index contributed by atoms with van der Waals surface area (Å²) in [6.07, 6.45) is 5.15. The van der Waals surface area contributed by atoms with Crippen LogP contribution >= 0.6 is 23.2 Å². The summed E-state index contributed by atoms with van der Waals surface area (Å²) in [5, 5.41) is 19.1. The minimum atomic E-state index is -0.514. The molecule has 12 heteroatoms. The third-order valence-corrected chi connectivity index (χ3v) is 5.31. The van der Waals surface area contributed by atoms with Crippen LogP contribution < -0.4 is 21.8 Å². The van der Waals surface area contributed by atoms with Crippen LogP contribution in [-0.4, -0.2) is 40.7 Å². The number of aromatic hydroxyl groups is 1. The highest BCUT2D eigenvalue weighted by atomic mass is 35.5. The molecule has 0 atom stereocenters. The van der Waals surface area contributed by atoms with Gasteiger partial charge in [-0.05, 0) is 42.7 Å². The molecule has 158 valence electrons. The number of fused-ring (bicyclic) bond motifs is 1. The third-order valence-electron chi connectivity index (χ3n) is 4.70. The number of nitrogens with zero attached hydrogens (tertiary/aromatic N) is 5. The van der Waals surface area contributed by atoms with Gasteiger partial charge in [0.05, 0.1) is 12.2 Å². The average molecular weight is 459 g/mol. The van der Waals surface area contributed by atoms with E-state index in [2.05, 4.69) is 35.3 Å². The van der Waals surface area contributed by atoms with Crippen molar-refractivity contribution in [3.8, 4) is 5.88 Å². The first-order valence-corrected chi connectivity index (χ1v) is 10.2. The molecule has 0 amide bonds. The summed E-state index contributed by atoms with van der Waals surface area (Å²) >= 11 is 12.3. The Kier molecular flexibility index (Phi) is 4.87. The first kappa shape index (κ1) is 19.6. The Bertz CT molecular complexity index is 1470. The second kappa shape index (κ2) is 7.71. The van der Waals surface area contributed by atoms with Crippen molar-refractivity contribution in [3.05, 3.63) is 67.0 Å². The number of nitrogens with one attached hydrogen (secondary N) is 3. The van der Waals surface area contributed by atoms with E-state index in [-0.39, 0.29) is 17.6 Å². The minimum Gasteiger partial charge on any atom is -0.493 e. The number of hydrogen-bond donors (Lipinski definition) is 4. The van der Waals surface area contributed by atoms with Crippen LogP contribution in [0.25, 0.3) is 11.7 Å². The Labute approximate surface area is 184 Å². The fourth-order valence-electron chi connectivity index (χ4n) is 3.01. The molecule has 1 fully saturated rings. The summed E-state index contributed by atoms with van der Waals surface area (Å²) in [4.78, 5) is 29.9. The first-order chi connectivity index (χ1) is 15.0. The van der Waals surface area contributed by atoms with E-state index >= 15 is 0 Å². The fourth-order valence-corrected chi connectivity index (χ4v) is 3.39. The van der Waals surface area contributed by atoms with E-state index in [1.54, 1.807) is 30.5 Å². The molecule has 3 aromatic heterocycles. The third kappa shape index (κ3) is 4.12. The van der Waals surface area contributed by atoms with E-state index in [9.17, 15) is 9.90 Å². The van der Waals surface area contributed by atoms with E-state index < -0.39 is 5.69 Å². The predicted octanol–water partition coefficient (Wildman–Crippen LogP) is 1.38. The summed E-state index contributed by atoms with van der Waals surface area (Å²) in [7, 11) is 0. The summed E-state index contributed by atoms with van der Waals surface area (Å²) in [6, 6.07) is 5.44. The number of halogens is 2. The number of benzene rings is 1. The number of aromatic amines is 2. The molecule has 0 aliphatic heterocycles. The van der Waals surface area contributed by atoms with Crippen molar-refractivity contribution >= 4 is 40.9 Å². The maximum Gasteiger partial charge on any atom is 0.326 e. The Morgan fingerprint density at radius 3 is 2.87 bits per heavy atom. The van der Waals surface area contributed by atoms with Gasteiger partial charge in [-0.3, -0.25) is 4.98 Å². The topological polar surface area (TPSA) is 136 Å². The van der Waals surface area contributed by atoms with Gasteiger partial charge in [0.25, 0.3) is 5.62 Å². The molecule has 0 saturated heterocycles. The number of H-pyrrole nitrogens is 2. The highest BCUT2D eigenvalue weighted by Gasteiger charge is 2.21. The lowest BCUT2D eigenvalue weighted by Crippen LogP contribution is -2.24. The van der Waals surface area contributed by atoms with Crippen molar-refractivity contribution in [1.82, 2.24) is 29.5 Å². The predicted molar refractivity (Wildman–Crippen MR) is 115 cm³/mol. The quantitative estimate of drug-likeness (QED) is 0.356. The van der Waals surface area contributed by atoms with Crippen LogP contribution in [0.2, 0.25) is 10.0 Å². The van der Waals surface area contributed by atoms with Crippen LogP contribution in [0.4, 0.5) is 5.95 Å². The zero-order chi connectivity index (χ0) is 21.5. The summed E-state index contributed by atoms with van der Waals surface area (Å²) in [5.74, 6) is 0.0696. The molecule has 0 radical (unpaired) electrons. The average Bonchev–Trinajstić information content (AvgIpc) is 3.37. The lowest BCUT2D eigenvalue weighted by atomic mass is 10.2. The molecule has 4 N–H and O–H groups in total. The van der Waals surface area contributed by atoms with Gasteiger partial charge < -0.3 is 15.4 Å². The molecule has 1 saturated carbocycles. The molecule has 0 bridgehead atoms. The molecule has 1 aliphatic carbocycles. The van der Waals surface area contributed by atoms with Crippen LogP contribution in [0, 0.1) is 0 Å². The molecular weight excluding hydrogens is 443 g/mol. The van der Waals surface area contributed by atoms with E-state index in [4.69, 9.17) is 23.2 Å². The zero-order valence-corrected chi connectivity index (χ0v) is 17.4. The molecular formula is C19H16Cl2N8O2. The number of aromatic nitrogens is 6. The van der Waals surface area contributed by atoms with Gasteiger partial charge >= 0.3 is 5.69 Å². The monoisotopic (exact) mass is 458 g/mol. The van der Waals surface area contributed by atoms with E-state index in [1.165, 1.54) is 4.52 Å². The molecule has 0 unspecified atom stereocenters.